The summed E-state index contributed by atoms with van der Waals surface area (Å²) in [5.41, 5.74) is 0.776. The zero-order valence-electron chi connectivity index (χ0n) is 10.8. The Kier molecular flexibility index (Phi) is 3.01. The van der Waals surface area contributed by atoms with E-state index >= 15 is 0 Å². The lowest BCUT2D eigenvalue weighted by Crippen LogP contribution is -2.48. The van der Waals surface area contributed by atoms with Crippen molar-refractivity contribution in [2.75, 3.05) is 11.1 Å². The van der Waals surface area contributed by atoms with Gasteiger partial charge in [-0.05, 0) is 25.5 Å². The number of hydrogen-bond donors (Lipinski definition) is 1. The van der Waals surface area contributed by atoms with Crippen LogP contribution in [0.25, 0.3) is 0 Å². The first-order chi connectivity index (χ1) is 9.10. The van der Waals surface area contributed by atoms with Gasteiger partial charge < -0.3 is 10.2 Å². The number of nitrogens with zero attached hydrogens (tertiary/aromatic N) is 1. The number of amides is 2. The molecule has 0 aromatic heterocycles. The number of carbonyl (C=O) groups excluding carboxylic acids is 2. The van der Waals surface area contributed by atoms with Crippen LogP contribution in [0, 0.1) is 0 Å². The molecule has 3 rings (SSSR count). The van der Waals surface area contributed by atoms with Crippen molar-refractivity contribution in [3.05, 3.63) is 30.3 Å². The van der Waals surface area contributed by atoms with Gasteiger partial charge in [-0.3, -0.25) is 9.59 Å². The summed E-state index contributed by atoms with van der Waals surface area (Å²) in [6, 6.07) is 9.03. The second-order valence-electron chi connectivity index (χ2n) is 5.12. The van der Waals surface area contributed by atoms with Crippen LogP contribution in [0.15, 0.2) is 30.3 Å². The fourth-order valence-corrected chi connectivity index (χ4v) is 4.19. The Hall–Kier alpha value is -1.49. The molecule has 19 heavy (non-hydrogen) atoms. The van der Waals surface area contributed by atoms with E-state index in [1.165, 1.54) is 0 Å². The van der Waals surface area contributed by atoms with E-state index in [2.05, 4.69) is 12.2 Å². The van der Waals surface area contributed by atoms with Crippen molar-refractivity contribution in [1.82, 2.24) is 4.90 Å². The molecule has 0 aliphatic carbocycles. The Bertz CT molecular complexity index is 519. The van der Waals surface area contributed by atoms with Crippen molar-refractivity contribution in [2.24, 2.45) is 0 Å². The summed E-state index contributed by atoms with van der Waals surface area (Å²) in [7, 11) is 0. The fourth-order valence-electron chi connectivity index (χ4n) is 2.76. The van der Waals surface area contributed by atoms with Crippen molar-refractivity contribution >= 4 is 29.3 Å². The molecule has 1 aromatic carbocycles. The van der Waals surface area contributed by atoms with Gasteiger partial charge in [0.05, 0.1) is 4.87 Å². The van der Waals surface area contributed by atoms with Gasteiger partial charge in [0.15, 0.2) is 0 Å². The lowest BCUT2D eigenvalue weighted by atomic mass is 10.2. The largest absolute Gasteiger partial charge is 0.324 e. The number of para-hydroxylation sites is 1. The Labute approximate surface area is 116 Å². The number of nitrogens with one attached hydrogen (secondary N) is 1. The topological polar surface area (TPSA) is 49.4 Å². The maximum atomic E-state index is 12.3. The van der Waals surface area contributed by atoms with Crippen molar-refractivity contribution in [3.8, 4) is 0 Å². The van der Waals surface area contributed by atoms with Crippen LogP contribution >= 0.6 is 11.8 Å². The van der Waals surface area contributed by atoms with Gasteiger partial charge in [0, 0.05) is 17.9 Å². The first-order valence-electron chi connectivity index (χ1n) is 6.42. The second kappa shape index (κ2) is 4.56. The van der Waals surface area contributed by atoms with Crippen LogP contribution in [0.1, 0.15) is 19.8 Å². The van der Waals surface area contributed by atoms with Crippen molar-refractivity contribution < 1.29 is 9.59 Å². The van der Waals surface area contributed by atoms with Crippen molar-refractivity contribution in [1.29, 1.82) is 0 Å². The molecule has 2 atom stereocenters. The lowest BCUT2D eigenvalue weighted by Gasteiger charge is -2.29. The summed E-state index contributed by atoms with van der Waals surface area (Å²) >= 11 is 1.71. The Morgan fingerprint density at radius 2 is 2.16 bits per heavy atom. The van der Waals surface area contributed by atoms with Crippen LogP contribution in [0.4, 0.5) is 5.69 Å². The second-order valence-corrected chi connectivity index (χ2v) is 6.62. The molecule has 2 saturated heterocycles. The van der Waals surface area contributed by atoms with Gasteiger partial charge in [-0.15, -0.1) is 11.8 Å². The number of fused-ring (bicyclic) bond motifs is 1. The summed E-state index contributed by atoms with van der Waals surface area (Å²) in [6.07, 6.45) is 1.39. The van der Waals surface area contributed by atoms with E-state index in [0.29, 0.717) is 12.2 Å². The van der Waals surface area contributed by atoms with E-state index in [-0.39, 0.29) is 22.7 Å². The van der Waals surface area contributed by atoms with E-state index in [9.17, 15) is 9.59 Å². The third kappa shape index (κ3) is 2.12. The van der Waals surface area contributed by atoms with Crippen LogP contribution in [0.2, 0.25) is 0 Å². The molecule has 0 radical (unpaired) electrons. The van der Waals surface area contributed by atoms with Crippen molar-refractivity contribution in [3.63, 3.8) is 0 Å². The molecule has 100 valence electrons. The highest BCUT2D eigenvalue weighted by Gasteiger charge is 2.52. The van der Waals surface area contributed by atoms with Crippen molar-refractivity contribution in [2.45, 2.75) is 30.7 Å². The Balaban J connectivity index is 1.76. The molecule has 2 aliphatic rings. The van der Waals surface area contributed by atoms with Crippen LogP contribution in [0.5, 0.6) is 0 Å². The maximum Gasteiger partial charge on any atom is 0.248 e. The molecule has 1 aromatic rings. The third-order valence-electron chi connectivity index (χ3n) is 3.79. The molecular formula is C14H16N2O2S. The molecule has 0 saturated carbocycles. The first-order valence-corrected chi connectivity index (χ1v) is 7.41. The summed E-state index contributed by atoms with van der Waals surface area (Å²) in [4.78, 5) is 25.9. The lowest BCUT2D eigenvalue weighted by molar-refractivity contribution is -0.135. The molecule has 2 unspecified atom stereocenters. The average Bonchev–Trinajstić information content (AvgIpc) is 2.88. The van der Waals surface area contributed by atoms with E-state index in [1.54, 1.807) is 16.7 Å². The van der Waals surface area contributed by atoms with Gasteiger partial charge >= 0.3 is 0 Å². The quantitative estimate of drug-likeness (QED) is 0.899. The summed E-state index contributed by atoms with van der Waals surface area (Å²) in [5, 5.41) is 2.89. The van der Waals surface area contributed by atoms with E-state index in [1.807, 2.05) is 30.3 Å². The highest BCUT2D eigenvalue weighted by Crippen LogP contribution is 2.47. The molecule has 4 nitrogen and oxygen atoms in total. The number of anilines is 1. The van der Waals surface area contributed by atoms with Crippen LogP contribution in [-0.4, -0.2) is 33.4 Å². The molecular weight excluding hydrogens is 260 g/mol. The zero-order chi connectivity index (χ0) is 13.5. The van der Waals surface area contributed by atoms with Gasteiger partial charge in [0.1, 0.15) is 6.04 Å². The Morgan fingerprint density at radius 1 is 1.42 bits per heavy atom. The number of carbonyl (C=O) groups is 2. The molecule has 2 aliphatic heterocycles. The number of hydrogen-bond acceptors (Lipinski definition) is 3. The smallest absolute Gasteiger partial charge is 0.248 e. The van der Waals surface area contributed by atoms with Crippen LogP contribution in [-0.2, 0) is 9.59 Å². The van der Waals surface area contributed by atoms with E-state index < -0.39 is 0 Å². The molecule has 0 bridgehead atoms. The van der Waals surface area contributed by atoms with E-state index in [4.69, 9.17) is 0 Å². The molecule has 2 fully saturated rings. The van der Waals surface area contributed by atoms with Gasteiger partial charge in [-0.2, -0.15) is 0 Å². The van der Waals surface area contributed by atoms with E-state index in [0.717, 1.165) is 12.1 Å². The SMILES string of the molecule is CC12CCC(=O)N1C(C(=O)Nc1ccccc1)CS2. The monoisotopic (exact) mass is 276 g/mol. The van der Waals surface area contributed by atoms with Gasteiger partial charge in [0.25, 0.3) is 0 Å². The van der Waals surface area contributed by atoms with Gasteiger partial charge in [-0.1, -0.05) is 18.2 Å². The molecule has 0 spiro atoms. The minimum absolute atomic E-state index is 0.0855. The third-order valence-corrected chi connectivity index (χ3v) is 5.29. The number of rotatable bonds is 2. The highest BCUT2D eigenvalue weighted by molar-refractivity contribution is 8.01. The van der Waals surface area contributed by atoms with Crippen LogP contribution in [0.3, 0.4) is 0 Å². The molecule has 2 heterocycles. The maximum absolute atomic E-state index is 12.3. The summed E-state index contributed by atoms with van der Waals surface area (Å²) in [6.45, 7) is 2.05. The molecule has 1 N–H and O–H groups in total. The molecule has 5 heteroatoms. The van der Waals surface area contributed by atoms with Gasteiger partial charge in [-0.25, -0.2) is 0 Å². The minimum atomic E-state index is -0.342. The predicted molar refractivity (Wildman–Crippen MR) is 75.8 cm³/mol. The normalized spacial score (nSPS) is 29.4. The van der Waals surface area contributed by atoms with Gasteiger partial charge in [0.2, 0.25) is 11.8 Å². The average molecular weight is 276 g/mol. The summed E-state index contributed by atoms with van der Waals surface area (Å²) in [5.74, 6) is 0.694. The minimum Gasteiger partial charge on any atom is -0.324 e. The van der Waals surface area contributed by atoms with Crippen LogP contribution < -0.4 is 5.32 Å². The molecule has 2 amide bonds. The Morgan fingerprint density at radius 3 is 2.89 bits per heavy atom. The standard InChI is InChI=1S/C14H16N2O2S/c1-14-8-7-12(17)16(14)11(9-19-14)13(18)15-10-5-3-2-4-6-10/h2-6,11H,7-9H2,1H3,(H,15,18). The first kappa shape index (κ1) is 12.5. The fraction of sp³-hybridized carbons (Fsp3) is 0.429. The zero-order valence-corrected chi connectivity index (χ0v) is 11.6. The summed E-state index contributed by atoms with van der Waals surface area (Å²) < 4.78 is 0. The predicted octanol–water partition coefficient (Wildman–Crippen LogP) is 2.08. The number of thioether (sulfide) groups is 1. The number of benzene rings is 1. The highest BCUT2D eigenvalue weighted by atomic mass is 32.2.